The summed E-state index contributed by atoms with van der Waals surface area (Å²) in [4.78, 5) is 36.3. The fourth-order valence-electron chi connectivity index (χ4n) is 2.77. The molecule has 0 aliphatic heterocycles. The molecule has 0 radical (unpaired) electrons. The first-order valence-electron chi connectivity index (χ1n) is 9.51. The highest BCUT2D eigenvalue weighted by molar-refractivity contribution is 6.67. The molecule has 34 heavy (non-hydrogen) atoms. The lowest BCUT2D eigenvalue weighted by Crippen LogP contribution is -2.21. The Hall–Kier alpha value is -3.21. The minimum absolute atomic E-state index is 0.169. The number of amides is 2. The number of pyridine rings is 1. The van der Waals surface area contributed by atoms with Gasteiger partial charge in [-0.2, -0.15) is 0 Å². The van der Waals surface area contributed by atoms with Crippen molar-refractivity contribution in [3.05, 3.63) is 54.1 Å². The van der Waals surface area contributed by atoms with Crippen molar-refractivity contribution >= 4 is 58.5 Å². The van der Waals surface area contributed by atoms with Gasteiger partial charge in [0.05, 0.1) is 18.5 Å². The number of carbonyl (C=O) groups excluding carboxylic acids is 2. The van der Waals surface area contributed by atoms with Crippen molar-refractivity contribution in [1.29, 1.82) is 0 Å². The van der Waals surface area contributed by atoms with Crippen molar-refractivity contribution in [3.8, 4) is 22.6 Å². The molecule has 0 aliphatic carbocycles. The van der Waals surface area contributed by atoms with E-state index in [-0.39, 0.29) is 17.3 Å². The highest BCUT2D eigenvalue weighted by Crippen LogP contribution is 2.29. The Morgan fingerprint density at radius 2 is 1.79 bits per heavy atom. The number of anilines is 2. The molecule has 3 rings (SSSR count). The summed E-state index contributed by atoms with van der Waals surface area (Å²) in [5, 5.41) is 4.74. The molecule has 178 valence electrons. The molecule has 1 aromatic carbocycles. The van der Waals surface area contributed by atoms with E-state index in [1.54, 1.807) is 25.1 Å². The third kappa shape index (κ3) is 6.89. The quantitative estimate of drug-likeness (QED) is 0.405. The van der Waals surface area contributed by atoms with Gasteiger partial charge in [0.25, 0.3) is 0 Å². The zero-order valence-electron chi connectivity index (χ0n) is 17.7. The lowest BCUT2D eigenvalue weighted by Gasteiger charge is -2.14. The zero-order valence-corrected chi connectivity index (χ0v) is 20.0. The molecule has 9 nitrogen and oxygen atoms in total. The van der Waals surface area contributed by atoms with Crippen LogP contribution >= 0.6 is 34.8 Å². The average molecular weight is 529 g/mol. The van der Waals surface area contributed by atoms with Crippen LogP contribution in [0.15, 0.2) is 42.7 Å². The summed E-state index contributed by atoms with van der Waals surface area (Å²) in [6, 6.07) is 7.55. The van der Waals surface area contributed by atoms with Crippen molar-refractivity contribution in [3.63, 3.8) is 0 Å². The molecule has 2 amide bonds. The molecular formula is C21H17Cl3FN5O4. The molecule has 2 heterocycles. The number of carbonyl (C=O) groups is 2. The van der Waals surface area contributed by atoms with Crippen LogP contribution in [0, 0.1) is 12.7 Å². The first kappa shape index (κ1) is 25.4. The summed E-state index contributed by atoms with van der Waals surface area (Å²) < 4.78 is 22.0. The lowest BCUT2D eigenvalue weighted by atomic mass is 10.1. The van der Waals surface area contributed by atoms with Gasteiger partial charge in [0, 0.05) is 23.5 Å². The van der Waals surface area contributed by atoms with E-state index in [0.29, 0.717) is 22.4 Å². The van der Waals surface area contributed by atoms with Crippen molar-refractivity contribution in [2.75, 3.05) is 24.4 Å². The van der Waals surface area contributed by atoms with Crippen LogP contribution in [0.25, 0.3) is 22.6 Å². The van der Waals surface area contributed by atoms with Gasteiger partial charge in [0.15, 0.2) is 5.82 Å². The first-order chi connectivity index (χ1) is 16.1. The zero-order chi connectivity index (χ0) is 24.9. The number of methoxy groups -OCH3 is 1. The molecule has 0 fully saturated rings. The summed E-state index contributed by atoms with van der Waals surface area (Å²) in [6.45, 7) is 1.15. The van der Waals surface area contributed by atoms with E-state index in [1.165, 1.54) is 31.6 Å². The van der Waals surface area contributed by atoms with Crippen molar-refractivity contribution in [2.45, 2.75) is 10.7 Å². The number of benzene rings is 1. The van der Waals surface area contributed by atoms with E-state index in [4.69, 9.17) is 39.5 Å². The topological polar surface area (TPSA) is 115 Å². The van der Waals surface area contributed by atoms with E-state index >= 15 is 0 Å². The second-order valence-electron chi connectivity index (χ2n) is 6.78. The van der Waals surface area contributed by atoms with Crippen LogP contribution in [-0.2, 0) is 9.47 Å². The fraction of sp³-hybridized carbons (Fsp3) is 0.190. The molecule has 2 N–H and O–H groups in total. The van der Waals surface area contributed by atoms with E-state index < -0.39 is 28.4 Å². The first-order valence-corrected chi connectivity index (χ1v) is 10.6. The van der Waals surface area contributed by atoms with Gasteiger partial charge in [-0.15, -0.1) is 0 Å². The predicted molar refractivity (Wildman–Crippen MR) is 127 cm³/mol. The molecule has 0 aliphatic rings. The second kappa shape index (κ2) is 10.8. The van der Waals surface area contributed by atoms with Gasteiger partial charge in [-0.05, 0) is 42.8 Å². The third-order valence-corrected chi connectivity index (χ3v) is 4.61. The molecule has 0 unspecified atom stereocenters. The Bertz CT molecular complexity index is 1220. The number of halogens is 4. The van der Waals surface area contributed by atoms with Gasteiger partial charge >= 0.3 is 12.2 Å². The average Bonchev–Trinajstić information content (AvgIpc) is 2.79. The van der Waals surface area contributed by atoms with Crippen molar-refractivity contribution in [2.24, 2.45) is 0 Å². The van der Waals surface area contributed by atoms with Crippen molar-refractivity contribution < 1.29 is 23.5 Å². The normalized spacial score (nSPS) is 11.0. The van der Waals surface area contributed by atoms with Crippen LogP contribution in [0.1, 0.15) is 5.56 Å². The molecular weight excluding hydrogens is 512 g/mol. The molecule has 13 heteroatoms. The third-order valence-electron chi connectivity index (χ3n) is 4.29. The summed E-state index contributed by atoms with van der Waals surface area (Å²) >= 11 is 16.6. The Balaban J connectivity index is 1.89. The Morgan fingerprint density at radius 3 is 2.50 bits per heavy atom. The smallest absolute Gasteiger partial charge is 0.412 e. The number of ether oxygens (including phenoxy) is 2. The lowest BCUT2D eigenvalue weighted by molar-refractivity contribution is 0.163. The number of aryl methyl sites for hydroxylation is 1. The van der Waals surface area contributed by atoms with Crippen LogP contribution in [0.4, 0.5) is 25.5 Å². The standard InChI is InChI=1S/C21H17Cl3FN5O4/c1-11-7-14(25)16(29-20(32)34-10-21(22,23)24)9-13(11)18-27-6-4-15(28-18)12-3-5-26-17(8-12)30-19(31)33-2/h3-9H,10H2,1-2H3,(H,29,32)(H,26,30,31). The minimum Gasteiger partial charge on any atom is -0.453 e. The van der Waals surface area contributed by atoms with Gasteiger partial charge in [-0.3, -0.25) is 10.6 Å². The number of nitrogens with one attached hydrogen (secondary N) is 2. The molecule has 0 atom stereocenters. The molecule has 0 saturated carbocycles. The predicted octanol–water partition coefficient (Wildman–Crippen LogP) is 5.75. The number of hydrogen-bond donors (Lipinski definition) is 2. The van der Waals surface area contributed by atoms with Crippen LogP contribution in [0.5, 0.6) is 0 Å². The summed E-state index contributed by atoms with van der Waals surface area (Å²) in [6.07, 6.45) is 1.35. The summed E-state index contributed by atoms with van der Waals surface area (Å²) in [7, 11) is 1.24. The van der Waals surface area contributed by atoms with Crippen LogP contribution in [0.2, 0.25) is 0 Å². The van der Waals surface area contributed by atoms with Crippen LogP contribution in [0.3, 0.4) is 0 Å². The maximum Gasteiger partial charge on any atom is 0.412 e. The van der Waals surface area contributed by atoms with E-state index in [2.05, 4.69) is 30.3 Å². The summed E-state index contributed by atoms with van der Waals surface area (Å²) in [5.74, 6) is -0.162. The van der Waals surface area contributed by atoms with Gasteiger partial charge in [-0.1, -0.05) is 34.8 Å². The van der Waals surface area contributed by atoms with Gasteiger partial charge in [0.1, 0.15) is 18.2 Å². The highest BCUT2D eigenvalue weighted by Gasteiger charge is 2.23. The van der Waals surface area contributed by atoms with E-state index in [9.17, 15) is 14.0 Å². The monoisotopic (exact) mass is 527 g/mol. The molecule has 3 aromatic rings. The number of alkyl halides is 3. The molecule has 0 saturated heterocycles. The number of hydrogen-bond acceptors (Lipinski definition) is 7. The fourth-order valence-corrected chi connectivity index (χ4v) is 2.93. The Labute approximate surface area is 208 Å². The van der Waals surface area contributed by atoms with Crippen molar-refractivity contribution in [1.82, 2.24) is 15.0 Å². The largest absolute Gasteiger partial charge is 0.453 e. The molecule has 0 bridgehead atoms. The number of aromatic nitrogens is 3. The van der Waals surface area contributed by atoms with Crippen LogP contribution < -0.4 is 10.6 Å². The van der Waals surface area contributed by atoms with E-state index in [0.717, 1.165) is 0 Å². The summed E-state index contributed by atoms with van der Waals surface area (Å²) in [5.41, 5.74) is 1.97. The van der Waals surface area contributed by atoms with E-state index in [1.807, 2.05) is 0 Å². The Kier molecular flexibility index (Phi) is 8.08. The second-order valence-corrected chi connectivity index (χ2v) is 9.29. The minimum atomic E-state index is -1.80. The van der Waals surface area contributed by atoms with Gasteiger partial charge in [-0.25, -0.2) is 28.9 Å². The highest BCUT2D eigenvalue weighted by atomic mass is 35.6. The van der Waals surface area contributed by atoms with Crippen LogP contribution in [-0.4, -0.2) is 44.6 Å². The Morgan fingerprint density at radius 1 is 1.06 bits per heavy atom. The van der Waals surface area contributed by atoms with Gasteiger partial charge in [0.2, 0.25) is 3.79 Å². The molecule has 2 aromatic heterocycles. The maximum absolute atomic E-state index is 14.5. The SMILES string of the molecule is COC(=O)Nc1cc(-c2ccnc(-c3cc(NC(=O)OCC(Cl)(Cl)Cl)c(F)cc3C)n2)ccn1. The van der Waals surface area contributed by atoms with Gasteiger partial charge < -0.3 is 9.47 Å². The maximum atomic E-state index is 14.5. The number of nitrogens with zero attached hydrogens (tertiary/aromatic N) is 3. The molecule has 0 spiro atoms. The number of rotatable bonds is 5.